The van der Waals surface area contributed by atoms with Crippen LogP contribution in [0.4, 0.5) is 5.82 Å². The van der Waals surface area contributed by atoms with Gasteiger partial charge in [0.1, 0.15) is 5.82 Å². The molecule has 6 nitrogen and oxygen atoms in total. The molecule has 1 fully saturated rings. The second-order valence-corrected chi connectivity index (χ2v) is 8.59. The quantitative estimate of drug-likeness (QED) is 0.864. The zero-order valence-corrected chi connectivity index (χ0v) is 15.0. The van der Waals surface area contributed by atoms with Gasteiger partial charge in [-0.2, -0.15) is 0 Å². The second-order valence-electron chi connectivity index (χ2n) is 5.47. The van der Waals surface area contributed by atoms with Crippen molar-refractivity contribution in [2.45, 2.75) is 23.1 Å². The zero-order valence-electron chi connectivity index (χ0n) is 12.6. The number of nitrogens with one attached hydrogen (secondary N) is 1. The molecule has 0 spiro atoms. The van der Waals surface area contributed by atoms with Crippen LogP contribution in [0.3, 0.4) is 0 Å². The van der Waals surface area contributed by atoms with Gasteiger partial charge in [0, 0.05) is 31.2 Å². The third kappa shape index (κ3) is 3.65. The summed E-state index contributed by atoms with van der Waals surface area (Å²) in [6.45, 7) is 1.84. The number of sulfone groups is 1. The van der Waals surface area contributed by atoms with E-state index in [0.717, 1.165) is 19.5 Å². The molecule has 1 aliphatic rings. The summed E-state index contributed by atoms with van der Waals surface area (Å²) >= 11 is 7.66. The van der Waals surface area contributed by atoms with Gasteiger partial charge < -0.3 is 10.2 Å². The van der Waals surface area contributed by atoms with Crippen molar-refractivity contribution in [2.24, 2.45) is 0 Å². The molecule has 124 valence electrons. The summed E-state index contributed by atoms with van der Waals surface area (Å²) in [6, 6.07) is 1.79. The highest BCUT2D eigenvalue weighted by molar-refractivity contribution is 7.90. The van der Waals surface area contributed by atoms with Crippen molar-refractivity contribution >= 4 is 38.6 Å². The third-order valence-corrected chi connectivity index (χ3v) is 6.42. The molecule has 1 N–H and O–H groups in total. The number of aromatic nitrogens is 2. The van der Waals surface area contributed by atoms with Crippen LogP contribution in [0.5, 0.6) is 0 Å². The standard InChI is InChI=1S/C14H17ClN4O2S2/c1-19(11-2-3-16-5-11)14-13(15)4-12(6-17-14)23(20,21)8-10-7-22-9-18-10/h4,6-7,9,11,16H,2-3,5,8H2,1H3/t11-/m0/s1. The van der Waals surface area contributed by atoms with Crippen molar-refractivity contribution in [3.05, 3.63) is 33.9 Å². The monoisotopic (exact) mass is 372 g/mol. The Bertz CT molecular complexity index is 774. The fourth-order valence-electron chi connectivity index (χ4n) is 2.57. The van der Waals surface area contributed by atoms with Crippen LogP contribution in [-0.2, 0) is 15.6 Å². The van der Waals surface area contributed by atoms with E-state index in [4.69, 9.17) is 11.6 Å². The van der Waals surface area contributed by atoms with Gasteiger partial charge in [-0.1, -0.05) is 11.6 Å². The van der Waals surface area contributed by atoms with Crippen LogP contribution in [-0.4, -0.2) is 44.6 Å². The van der Waals surface area contributed by atoms with Crippen LogP contribution >= 0.6 is 22.9 Å². The van der Waals surface area contributed by atoms with Crippen molar-refractivity contribution in [1.29, 1.82) is 0 Å². The first kappa shape index (κ1) is 16.6. The molecule has 2 aromatic rings. The molecular weight excluding hydrogens is 356 g/mol. The predicted molar refractivity (Wildman–Crippen MR) is 91.9 cm³/mol. The molecule has 0 radical (unpaired) electrons. The van der Waals surface area contributed by atoms with E-state index in [1.54, 1.807) is 10.9 Å². The first-order chi connectivity index (χ1) is 11.0. The van der Waals surface area contributed by atoms with Crippen molar-refractivity contribution in [2.75, 3.05) is 25.0 Å². The van der Waals surface area contributed by atoms with Crippen LogP contribution in [0.2, 0.25) is 5.02 Å². The molecule has 1 aliphatic heterocycles. The minimum Gasteiger partial charge on any atom is -0.354 e. The molecule has 0 amide bonds. The first-order valence-electron chi connectivity index (χ1n) is 7.16. The summed E-state index contributed by atoms with van der Waals surface area (Å²) in [4.78, 5) is 10.4. The van der Waals surface area contributed by atoms with Gasteiger partial charge in [0.05, 0.1) is 26.9 Å². The van der Waals surface area contributed by atoms with Crippen LogP contribution in [0, 0.1) is 0 Å². The van der Waals surface area contributed by atoms with Gasteiger partial charge in [-0.15, -0.1) is 11.3 Å². The van der Waals surface area contributed by atoms with Gasteiger partial charge in [-0.3, -0.25) is 0 Å². The Labute approximate surface area is 144 Å². The first-order valence-corrected chi connectivity index (χ1v) is 10.1. The van der Waals surface area contributed by atoms with E-state index in [1.165, 1.54) is 23.6 Å². The summed E-state index contributed by atoms with van der Waals surface area (Å²) in [6.07, 6.45) is 2.39. The Balaban J connectivity index is 1.83. The van der Waals surface area contributed by atoms with Crippen molar-refractivity contribution in [1.82, 2.24) is 15.3 Å². The lowest BCUT2D eigenvalue weighted by Gasteiger charge is -2.25. The van der Waals surface area contributed by atoms with Crippen LogP contribution in [0.1, 0.15) is 12.1 Å². The van der Waals surface area contributed by atoms with Crippen molar-refractivity contribution in [3.63, 3.8) is 0 Å². The number of rotatable bonds is 5. The van der Waals surface area contributed by atoms with E-state index < -0.39 is 9.84 Å². The van der Waals surface area contributed by atoms with Gasteiger partial charge in [0.2, 0.25) is 0 Å². The lowest BCUT2D eigenvalue weighted by atomic mass is 10.2. The molecule has 0 unspecified atom stereocenters. The van der Waals surface area contributed by atoms with Gasteiger partial charge in [-0.25, -0.2) is 18.4 Å². The fraction of sp³-hybridized carbons (Fsp3) is 0.429. The van der Waals surface area contributed by atoms with E-state index in [0.29, 0.717) is 22.6 Å². The fourth-order valence-corrected chi connectivity index (χ4v) is 4.83. The summed E-state index contributed by atoms with van der Waals surface area (Å²) in [7, 11) is -1.57. The molecule has 3 rings (SSSR count). The smallest absolute Gasteiger partial charge is 0.185 e. The Morgan fingerprint density at radius 1 is 1.48 bits per heavy atom. The highest BCUT2D eigenvalue weighted by Gasteiger charge is 2.24. The van der Waals surface area contributed by atoms with Crippen LogP contribution in [0.15, 0.2) is 28.0 Å². The van der Waals surface area contributed by atoms with Gasteiger partial charge >= 0.3 is 0 Å². The molecule has 1 saturated heterocycles. The highest BCUT2D eigenvalue weighted by atomic mass is 35.5. The Morgan fingerprint density at radius 2 is 2.30 bits per heavy atom. The number of pyridine rings is 1. The maximum absolute atomic E-state index is 12.4. The summed E-state index contributed by atoms with van der Waals surface area (Å²) < 4.78 is 24.9. The number of anilines is 1. The number of nitrogens with zero attached hydrogens (tertiary/aromatic N) is 3. The summed E-state index contributed by atoms with van der Waals surface area (Å²) in [5, 5.41) is 5.36. The largest absolute Gasteiger partial charge is 0.354 e. The third-order valence-electron chi connectivity index (χ3n) is 3.89. The molecular formula is C14H17ClN4O2S2. The minimum absolute atomic E-state index is 0.122. The van der Waals surface area contributed by atoms with Gasteiger partial charge in [0.15, 0.2) is 9.84 Å². The maximum atomic E-state index is 12.4. The minimum atomic E-state index is -3.50. The average Bonchev–Trinajstić information content (AvgIpc) is 3.19. The lowest BCUT2D eigenvalue weighted by molar-refractivity contribution is 0.594. The number of hydrogen-bond donors (Lipinski definition) is 1. The van der Waals surface area contributed by atoms with Crippen molar-refractivity contribution < 1.29 is 8.42 Å². The molecule has 1 atom stereocenters. The molecule has 3 heterocycles. The molecule has 9 heteroatoms. The normalized spacial score (nSPS) is 18.3. The van der Waals surface area contributed by atoms with Gasteiger partial charge in [-0.05, 0) is 19.0 Å². The molecule has 0 bridgehead atoms. The molecule has 0 aliphatic carbocycles. The molecule has 0 saturated carbocycles. The van der Waals surface area contributed by atoms with E-state index in [9.17, 15) is 8.42 Å². The molecule has 0 aromatic carbocycles. The van der Waals surface area contributed by atoms with Crippen LogP contribution in [0.25, 0.3) is 0 Å². The lowest BCUT2D eigenvalue weighted by Crippen LogP contribution is -2.34. The molecule has 2 aromatic heterocycles. The van der Waals surface area contributed by atoms with Crippen molar-refractivity contribution in [3.8, 4) is 0 Å². The SMILES string of the molecule is CN(c1ncc(S(=O)(=O)Cc2cscn2)cc1Cl)[C@H]1CCNC1. The number of hydrogen-bond acceptors (Lipinski definition) is 7. The van der Waals surface area contributed by atoms with E-state index in [2.05, 4.69) is 15.3 Å². The van der Waals surface area contributed by atoms with E-state index >= 15 is 0 Å². The van der Waals surface area contributed by atoms with E-state index in [-0.39, 0.29) is 10.6 Å². The number of thiazole rings is 1. The zero-order chi connectivity index (χ0) is 16.4. The number of halogens is 1. The maximum Gasteiger partial charge on any atom is 0.185 e. The molecule has 23 heavy (non-hydrogen) atoms. The number of likely N-dealkylation sites (N-methyl/N-ethyl adjacent to an activating group) is 1. The van der Waals surface area contributed by atoms with E-state index in [1.807, 2.05) is 11.9 Å². The Kier molecular flexibility index (Phi) is 4.86. The van der Waals surface area contributed by atoms with Crippen LogP contribution < -0.4 is 10.2 Å². The average molecular weight is 373 g/mol. The topological polar surface area (TPSA) is 75.2 Å². The second kappa shape index (κ2) is 6.72. The Hall–Kier alpha value is -1.22. The Morgan fingerprint density at radius 3 is 2.91 bits per heavy atom. The predicted octanol–water partition coefficient (Wildman–Crippen LogP) is 1.96. The summed E-state index contributed by atoms with van der Waals surface area (Å²) in [5.74, 6) is 0.462. The summed E-state index contributed by atoms with van der Waals surface area (Å²) in [5.41, 5.74) is 2.15. The van der Waals surface area contributed by atoms with Gasteiger partial charge in [0.25, 0.3) is 0 Å². The highest BCUT2D eigenvalue weighted by Crippen LogP contribution is 2.28.